The van der Waals surface area contributed by atoms with E-state index in [4.69, 9.17) is 18.7 Å². The summed E-state index contributed by atoms with van der Waals surface area (Å²) in [5.41, 5.74) is 1.30. The number of rotatable bonds is 7. The van der Waals surface area contributed by atoms with E-state index < -0.39 is 18.5 Å². The number of carbonyl (C=O) groups excluding carboxylic acids is 1. The van der Waals surface area contributed by atoms with Crippen molar-refractivity contribution in [3.05, 3.63) is 72.5 Å². The van der Waals surface area contributed by atoms with Crippen molar-refractivity contribution in [3.8, 4) is 28.9 Å². The van der Waals surface area contributed by atoms with Crippen molar-refractivity contribution in [2.24, 2.45) is 0 Å². The second kappa shape index (κ2) is 8.31. The summed E-state index contributed by atoms with van der Waals surface area (Å²) in [4.78, 5) is 23.4. The summed E-state index contributed by atoms with van der Waals surface area (Å²) in [5.74, 6) is -0.442. The van der Waals surface area contributed by atoms with Gasteiger partial charge in [0, 0.05) is 11.3 Å². The highest BCUT2D eigenvalue weighted by atomic mass is 16.5. The minimum Gasteiger partial charge on any atom is -0.481 e. The van der Waals surface area contributed by atoms with Gasteiger partial charge in [-0.2, -0.15) is 0 Å². The molecule has 150 valence electrons. The number of aliphatic carboxylic acids is 1. The summed E-state index contributed by atoms with van der Waals surface area (Å²) >= 11 is 0. The largest absolute Gasteiger partial charge is 0.481 e. The van der Waals surface area contributed by atoms with Gasteiger partial charge >= 0.3 is 5.97 Å². The molecule has 9 heteroatoms. The van der Waals surface area contributed by atoms with Crippen molar-refractivity contribution in [2.45, 2.75) is 0 Å². The Balaban J connectivity index is 1.53. The van der Waals surface area contributed by atoms with Crippen molar-refractivity contribution < 1.29 is 28.3 Å². The lowest BCUT2D eigenvalue weighted by molar-refractivity contribution is -0.139. The first-order chi connectivity index (χ1) is 14.6. The fourth-order valence-electron chi connectivity index (χ4n) is 2.69. The summed E-state index contributed by atoms with van der Waals surface area (Å²) < 4.78 is 16.1. The number of furan rings is 1. The number of benzene rings is 2. The zero-order valence-corrected chi connectivity index (χ0v) is 15.4. The zero-order valence-electron chi connectivity index (χ0n) is 15.4. The number of nitrogens with zero attached hydrogens (tertiary/aromatic N) is 2. The van der Waals surface area contributed by atoms with Gasteiger partial charge in [0.1, 0.15) is 5.75 Å². The Bertz CT molecular complexity index is 1180. The molecule has 0 aliphatic carbocycles. The molecular formula is C21H15N3O6. The Kier molecular flexibility index (Phi) is 5.25. The molecule has 0 spiro atoms. The molecule has 2 aromatic carbocycles. The normalized spacial score (nSPS) is 10.5. The Morgan fingerprint density at radius 1 is 1.00 bits per heavy atom. The first-order valence-corrected chi connectivity index (χ1v) is 8.83. The van der Waals surface area contributed by atoms with Crippen molar-refractivity contribution in [1.82, 2.24) is 10.2 Å². The van der Waals surface area contributed by atoms with Crippen LogP contribution in [0.3, 0.4) is 0 Å². The van der Waals surface area contributed by atoms with Crippen LogP contribution in [0.25, 0.3) is 23.1 Å². The lowest BCUT2D eigenvalue weighted by Crippen LogP contribution is -2.16. The number of anilines is 1. The molecule has 2 N–H and O–H groups in total. The van der Waals surface area contributed by atoms with Crippen LogP contribution in [0.1, 0.15) is 10.4 Å². The fraction of sp³-hybridized carbons (Fsp3) is 0.0476. The van der Waals surface area contributed by atoms with Gasteiger partial charge in [-0.15, -0.1) is 10.2 Å². The molecule has 2 aromatic heterocycles. The number of carboxylic acids is 1. The highest BCUT2D eigenvalue weighted by molar-refractivity contribution is 6.06. The second-order valence-corrected chi connectivity index (χ2v) is 6.10. The highest BCUT2D eigenvalue weighted by Crippen LogP contribution is 2.26. The minimum absolute atomic E-state index is 0.175. The number of hydrogen-bond acceptors (Lipinski definition) is 7. The molecule has 4 aromatic rings. The number of ether oxygens (including phenoxy) is 1. The minimum atomic E-state index is -1.13. The lowest BCUT2D eigenvalue weighted by atomic mass is 10.1. The predicted molar refractivity (Wildman–Crippen MR) is 105 cm³/mol. The van der Waals surface area contributed by atoms with Crippen LogP contribution < -0.4 is 10.1 Å². The van der Waals surface area contributed by atoms with Crippen molar-refractivity contribution >= 4 is 17.6 Å². The van der Waals surface area contributed by atoms with E-state index in [0.29, 0.717) is 17.0 Å². The monoisotopic (exact) mass is 405 g/mol. The number of amides is 1. The number of carbonyl (C=O) groups is 2. The molecule has 0 atom stereocenters. The van der Waals surface area contributed by atoms with Crippen LogP contribution in [-0.2, 0) is 4.79 Å². The Morgan fingerprint density at radius 3 is 2.63 bits per heavy atom. The van der Waals surface area contributed by atoms with E-state index in [1.165, 1.54) is 12.3 Å². The molecule has 2 heterocycles. The number of aromatic nitrogens is 2. The van der Waals surface area contributed by atoms with Crippen molar-refractivity contribution in [3.63, 3.8) is 0 Å². The number of hydrogen-bond donors (Lipinski definition) is 2. The van der Waals surface area contributed by atoms with Gasteiger partial charge in [0.25, 0.3) is 11.8 Å². The van der Waals surface area contributed by atoms with Gasteiger partial charge in [-0.05, 0) is 42.5 Å². The van der Waals surface area contributed by atoms with Crippen LogP contribution >= 0.6 is 0 Å². The molecule has 0 saturated heterocycles. The van der Waals surface area contributed by atoms with Crippen molar-refractivity contribution in [1.29, 1.82) is 0 Å². The summed E-state index contributed by atoms with van der Waals surface area (Å²) in [6.45, 7) is -0.547. The first-order valence-electron chi connectivity index (χ1n) is 8.83. The van der Waals surface area contributed by atoms with E-state index in [9.17, 15) is 9.59 Å². The van der Waals surface area contributed by atoms with E-state index in [1.807, 2.05) is 0 Å². The molecule has 0 aliphatic heterocycles. The average molecular weight is 405 g/mol. The van der Waals surface area contributed by atoms with E-state index in [2.05, 4.69) is 15.5 Å². The standard InChI is InChI=1S/C21H15N3O6/c25-18(26)12-29-16-8-2-1-7-15(16)19(27)22-14-6-3-5-13(11-14)20-23-24-21(30-20)17-9-4-10-28-17/h1-11H,12H2,(H,22,27)(H,25,26). The number of nitrogens with one attached hydrogen (secondary N) is 1. The summed E-state index contributed by atoms with van der Waals surface area (Å²) in [6.07, 6.45) is 1.51. The molecule has 4 rings (SSSR count). The molecule has 0 bridgehead atoms. The van der Waals surface area contributed by atoms with Crippen LogP contribution in [0, 0.1) is 0 Å². The quantitative estimate of drug-likeness (QED) is 0.476. The Labute approximate surface area is 169 Å². The van der Waals surface area contributed by atoms with Crippen LogP contribution in [0.15, 0.2) is 75.8 Å². The summed E-state index contributed by atoms with van der Waals surface area (Å²) in [7, 11) is 0. The highest BCUT2D eigenvalue weighted by Gasteiger charge is 2.16. The Morgan fingerprint density at radius 2 is 1.83 bits per heavy atom. The molecular weight excluding hydrogens is 390 g/mol. The van der Waals surface area contributed by atoms with Gasteiger partial charge in [0.2, 0.25) is 5.89 Å². The molecule has 0 fully saturated rings. The van der Waals surface area contributed by atoms with Crippen LogP contribution in [0.4, 0.5) is 5.69 Å². The van der Waals surface area contributed by atoms with Crippen molar-refractivity contribution in [2.75, 3.05) is 11.9 Å². The molecule has 0 radical (unpaired) electrons. The second-order valence-electron chi connectivity index (χ2n) is 6.10. The third kappa shape index (κ3) is 4.20. The van der Waals surface area contributed by atoms with Gasteiger partial charge in [-0.1, -0.05) is 18.2 Å². The van der Waals surface area contributed by atoms with E-state index >= 15 is 0 Å². The van der Waals surface area contributed by atoms with Crippen LogP contribution in [0.2, 0.25) is 0 Å². The lowest BCUT2D eigenvalue weighted by Gasteiger charge is -2.10. The number of para-hydroxylation sites is 1. The fourth-order valence-corrected chi connectivity index (χ4v) is 2.69. The number of carboxylic acid groups (broad SMARTS) is 1. The Hall–Kier alpha value is -4.40. The third-order valence-electron chi connectivity index (χ3n) is 4.01. The molecule has 1 amide bonds. The van der Waals surface area contributed by atoms with E-state index in [0.717, 1.165) is 0 Å². The van der Waals surface area contributed by atoms with Crippen LogP contribution in [0.5, 0.6) is 5.75 Å². The molecule has 9 nitrogen and oxygen atoms in total. The smallest absolute Gasteiger partial charge is 0.341 e. The topological polar surface area (TPSA) is 128 Å². The summed E-state index contributed by atoms with van der Waals surface area (Å²) in [5, 5.41) is 19.5. The van der Waals surface area contributed by atoms with E-state index in [-0.39, 0.29) is 23.1 Å². The van der Waals surface area contributed by atoms with Gasteiger partial charge in [0.05, 0.1) is 11.8 Å². The maximum atomic E-state index is 12.7. The van der Waals surface area contributed by atoms with Crippen LogP contribution in [-0.4, -0.2) is 33.8 Å². The predicted octanol–water partition coefficient (Wildman–Crippen LogP) is 3.71. The maximum absolute atomic E-state index is 12.7. The van der Waals surface area contributed by atoms with Gasteiger partial charge in [0.15, 0.2) is 12.4 Å². The first kappa shape index (κ1) is 18.9. The van der Waals surface area contributed by atoms with Gasteiger partial charge in [-0.25, -0.2) is 4.79 Å². The average Bonchev–Trinajstić information content (AvgIpc) is 3.44. The molecule has 0 saturated carbocycles. The molecule has 30 heavy (non-hydrogen) atoms. The summed E-state index contributed by atoms with van der Waals surface area (Å²) in [6, 6.07) is 16.7. The SMILES string of the molecule is O=C(O)COc1ccccc1C(=O)Nc1cccc(-c2nnc(-c3ccco3)o2)c1. The van der Waals surface area contributed by atoms with E-state index in [1.54, 1.807) is 54.6 Å². The molecule has 0 unspecified atom stereocenters. The van der Waals surface area contributed by atoms with Gasteiger partial charge in [-0.3, -0.25) is 4.79 Å². The van der Waals surface area contributed by atoms with Gasteiger partial charge < -0.3 is 24.0 Å². The molecule has 0 aliphatic rings. The third-order valence-corrected chi connectivity index (χ3v) is 4.01. The maximum Gasteiger partial charge on any atom is 0.341 e. The zero-order chi connectivity index (χ0) is 20.9.